The third-order valence-corrected chi connectivity index (χ3v) is 5.39. The van der Waals surface area contributed by atoms with Crippen LogP contribution in [0.1, 0.15) is 11.4 Å². The molecule has 1 N–H and O–H groups in total. The van der Waals surface area contributed by atoms with E-state index in [1.54, 1.807) is 30.1 Å². The van der Waals surface area contributed by atoms with E-state index in [1.807, 2.05) is 6.92 Å². The molecule has 160 valence electrons. The summed E-state index contributed by atoms with van der Waals surface area (Å²) in [4.78, 5) is 24.6. The number of piperidine rings is 1. The number of hydrogen-bond donors (Lipinski definition) is 1. The van der Waals surface area contributed by atoms with Gasteiger partial charge in [0.1, 0.15) is 0 Å². The zero-order valence-corrected chi connectivity index (χ0v) is 16.2. The summed E-state index contributed by atoms with van der Waals surface area (Å²) in [6.07, 6.45) is -4.78. The Balaban J connectivity index is 1.51. The van der Waals surface area contributed by atoms with Crippen molar-refractivity contribution in [1.82, 2.24) is 30.2 Å². The number of nitrogens with zero attached hydrogens (tertiary/aromatic N) is 5. The number of nitrogens with one attached hydrogen (secondary N) is 1. The van der Waals surface area contributed by atoms with Crippen molar-refractivity contribution in [1.29, 1.82) is 0 Å². The van der Waals surface area contributed by atoms with Crippen LogP contribution in [-0.2, 0) is 23.1 Å². The Labute approximate surface area is 169 Å². The van der Waals surface area contributed by atoms with Gasteiger partial charge in [-0.1, -0.05) is 0 Å². The number of carbonyl (C=O) groups excluding carboxylic acids is 2. The highest BCUT2D eigenvalue weighted by Gasteiger charge is 2.58. The molecular formula is C18H19F3N6O3. The minimum atomic E-state index is -5.24. The molecule has 0 unspecified atom stereocenters. The first kappa shape index (κ1) is 20.3. The first-order chi connectivity index (χ1) is 14.1. The zero-order valence-electron chi connectivity index (χ0n) is 16.2. The molecule has 1 aliphatic carbocycles. The molecule has 0 radical (unpaired) electrons. The van der Waals surface area contributed by atoms with Crippen LogP contribution in [0.15, 0.2) is 18.3 Å². The van der Waals surface area contributed by atoms with E-state index in [4.69, 9.17) is 0 Å². The van der Waals surface area contributed by atoms with Crippen molar-refractivity contribution in [2.24, 2.45) is 18.9 Å². The second-order valence-electron chi connectivity index (χ2n) is 7.47. The molecule has 3 atom stereocenters. The molecule has 2 aromatic heterocycles. The molecule has 30 heavy (non-hydrogen) atoms. The number of esters is 1. The lowest BCUT2D eigenvalue weighted by Gasteiger charge is -2.23. The molecule has 1 amide bonds. The first-order valence-electron chi connectivity index (χ1n) is 9.28. The number of aromatic nitrogens is 4. The maximum absolute atomic E-state index is 12.5. The monoisotopic (exact) mass is 424 g/mol. The number of hydrogen-bond acceptors (Lipinski definition) is 7. The number of rotatable bonds is 4. The molecule has 2 fully saturated rings. The topological polar surface area (TPSA) is 102 Å². The molecule has 12 heteroatoms. The molecule has 3 heterocycles. The SMILES string of the molecule is Cc1nn(C)cc1-c1ccc(CN(C(=O)OC(=O)C(F)(F)F)[C@@H]2[C@@H]3CNC[C@@H]32)nn1. The minimum Gasteiger partial charge on any atom is -0.369 e. The molecule has 4 rings (SSSR count). The van der Waals surface area contributed by atoms with Gasteiger partial charge in [-0.3, -0.25) is 9.58 Å². The van der Waals surface area contributed by atoms with E-state index in [2.05, 4.69) is 25.3 Å². The average molecular weight is 424 g/mol. The van der Waals surface area contributed by atoms with E-state index >= 15 is 0 Å². The predicted octanol–water partition coefficient (Wildman–Crippen LogP) is 1.43. The van der Waals surface area contributed by atoms with Gasteiger partial charge in [0.25, 0.3) is 0 Å². The highest BCUT2D eigenvalue weighted by Crippen LogP contribution is 2.46. The van der Waals surface area contributed by atoms with Gasteiger partial charge in [0.15, 0.2) is 0 Å². The van der Waals surface area contributed by atoms with E-state index in [-0.39, 0.29) is 24.4 Å². The fourth-order valence-electron chi connectivity index (χ4n) is 3.95. The summed E-state index contributed by atoms with van der Waals surface area (Å²) in [6.45, 7) is 3.02. The Morgan fingerprint density at radius 1 is 1.27 bits per heavy atom. The summed E-state index contributed by atoms with van der Waals surface area (Å²) >= 11 is 0. The summed E-state index contributed by atoms with van der Waals surface area (Å²) in [5.74, 6) is -2.30. The lowest BCUT2D eigenvalue weighted by Crippen LogP contribution is -2.41. The van der Waals surface area contributed by atoms with E-state index in [0.717, 1.165) is 16.2 Å². The van der Waals surface area contributed by atoms with Gasteiger partial charge in [-0.2, -0.15) is 28.5 Å². The van der Waals surface area contributed by atoms with Crippen LogP contribution in [0, 0.1) is 18.8 Å². The minimum absolute atomic E-state index is 0.110. The van der Waals surface area contributed by atoms with Crippen LogP contribution in [0.3, 0.4) is 0 Å². The largest absolute Gasteiger partial charge is 0.491 e. The number of amides is 1. The second kappa shape index (κ2) is 7.35. The fraction of sp³-hybridized carbons (Fsp3) is 0.500. The highest BCUT2D eigenvalue weighted by molar-refractivity contribution is 5.88. The van der Waals surface area contributed by atoms with Gasteiger partial charge in [-0.25, -0.2) is 9.59 Å². The van der Waals surface area contributed by atoms with Crippen LogP contribution in [0.4, 0.5) is 18.0 Å². The van der Waals surface area contributed by atoms with Crippen molar-refractivity contribution in [3.8, 4) is 11.3 Å². The van der Waals surface area contributed by atoms with Gasteiger partial charge in [-0.05, 0) is 30.9 Å². The molecule has 0 bridgehead atoms. The summed E-state index contributed by atoms with van der Waals surface area (Å²) < 4.78 is 43.2. The summed E-state index contributed by atoms with van der Waals surface area (Å²) in [5, 5.41) is 15.6. The smallest absolute Gasteiger partial charge is 0.369 e. The van der Waals surface area contributed by atoms with Crippen molar-refractivity contribution in [2.75, 3.05) is 13.1 Å². The predicted molar refractivity (Wildman–Crippen MR) is 95.7 cm³/mol. The molecule has 2 aliphatic rings. The molecule has 2 aromatic rings. The van der Waals surface area contributed by atoms with Gasteiger partial charge >= 0.3 is 18.2 Å². The van der Waals surface area contributed by atoms with Crippen LogP contribution in [-0.4, -0.2) is 62.2 Å². The number of aryl methyl sites for hydroxylation is 2. The normalized spacial score (nSPS) is 22.5. The maximum Gasteiger partial charge on any atom is 0.491 e. The molecule has 1 aliphatic heterocycles. The molecule has 0 aromatic carbocycles. The Morgan fingerprint density at radius 3 is 2.50 bits per heavy atom. The third kappa shape index (κ3) is 3.86. The maximum atomic E-state index is 12.5. The van der Waals surface area contributed by atoms with Crippen LogP contribution >= 0.6 is 0 Å². The van der Waals surface area contributed by atoms with Crippen molar-refractivity contribution in [3.05, 3.63) is 29.7 Å². The van der Waals surface area contributed by atoms with E-state index in [1.165, 1.54) is 0 Å². The first-order valence-corrected chi connectivity index (χ1v) is 9.28. The summed E-state index contributed by atoms with van der Waals surface area (Å²) in [5.41, 5.74) is 2.52. The fourth-order valence-corrected chi connectivity index (χ4v) is 3.95. The molecule has 1 saturated carbocycles. The average Bonchev–Trinajstić information content (AvgIpc) is 2.99. The van der Waals surface area contributed by atoms with Gasteiger partial charge in [-0.15, -0.1) is 0 Å². The van der Waals surface area contributed by atoms with Gasteiger partial charge in [0, 0.05) is 37.9 Å². The van der Waals surface area contributed by atoms with Gasteiger partial charge in [0.2, 0.25) is 0 Å². The van der Waals surface area contributed by atoms with Crippen molar-refractivity contribution in [3.63, 3.8) is 0 Å². The van der Waals surface area contributed by atoms with Crippen molar-refractivity contribution in [2.45, 2.75) is 25.7 Å². The lowest BCUT2D eigenvalue weighted by molar-refractivity contribution is -0.194. The van der Waals surface area contributed by atoms with Crippen LogP contribution < -0.4 is 5.32 Å². The summed E-state index contributed by atoms with van der Waals surface area (Å²) in [7, 11) is 1.78. The van der Waals surface area contributed by atoms with E-state index < -0.39 is 18.2 Å². The molecular weight excluding hydrogens is 405 g/mol. The lowest BCUT2D eigenvalue weighted by atomic mass is 10.2. The second-order valence-corrected chi connectivity index (χ2v) is 7.47. The highest BCUT2D eigenvalue weighted by atomic mass is 19.4. The Bertz CT molecular complexity index is 965. The Kier molecular flexibility index (Phi) is 4.96. The number of halogens is 3. The summed E-state index contributed by atoms with van der Waals surface area (Å²) in [6, 6.07) is 3.03. The third-order valence-electron chi connectivity index (χ3n) is 5.39. The Hall–Kier alpha value is -3.02. The van der Waals surface area contributed by atoms with Crippen molar-refractivity contribution < 1.29 is 27.5 Å². The van der Waals surface area contributed by atoms with E-state index in [9.17, 15) is 22.8 Å². The number of ether oxygens (including phenoxy) is 1. The molecule has 1 saturated heterocycles. The quantitative estimate of drug-likeness (QED) is 0.585. The van der Waals surface area contributed by atoms with Crippen LogP contribution in [0.25, 0.3) is 11.3 Å². The van der Waals surface area contributed by atoms with E-state index in [0.29, 0.717) is 24.5 Å². The van der Waals surface area contributed by atoms with Crippen LogP contribution in [0.2, 0.25) is 0 Å². The van der Waals surface area contributed by atoms with Crippen LogP contribution in [0.5, 0.6) is 0 Å². The Morgan fingerprint density at radius 2 is 1.97 bits per heavy atom. The number of alkyl halides is 3. The number of carbonyl (C=O) groups is 2. The number of fused-ring (bicyclic) bond motifs is 1. The van der Waals surface area contributed by atoms with Gasteiger partial charge < -0.3 is 10.1 Å². The zero-order chi connectivity index (χ0) is 21.6. The van der Waals surface area contributed by atoms with Gasteiger partial charge in [0.05, 0.1) is 23.6 Å². The van der Waals surface area contributed by atoms with Crippen molar-refractivity contribution >= 4 is 12.1 Å². The standard InChI is InChI=1S/C18H19F3N6O3/c1-9-13(8-26(2)25-9)14-4-3-10(23-24-14)7-27(15-11-5-22-6-12(11)15)17(29)30-16(28)18(19,20)21/h3-4,8,11-12,15,22H,5-7H2,1-2H3/t11-,12+,15-. The molecule has 0 spiro atoms. The molecule has 9 nitrogen and oxygen atoms in total.